The summed E-state index contributed by atoms with van der Waals surface area (Å²) in [5.41, 5.74) is 2.71. The number of hydrogen-bond acceptors (Lipinski definition) is 5. The minimum Gasteiger partial charge on any atom is -0.377 e. The molecule has 0 spiro atoms. The molecule has 1 aliphatic heterocycles. The molecule has 1 saturated heterocycles. The number of nitrogens with zero attached hydrogens (tertiary/aromatic N) is 2. The molecule has 0 aromatic heterocycles. The number of carbonyl (C=O) groups excluding carboxylic acids is 2. The lowest BCUT2D eigenvalue weighted by molar-refractivity contribution is -0.137. The molecule has 1 aromatic carbocycles. The number of nitrogens with one attached hydrogen (secondary N) is 1. The van der Waals surface area contributed by atoms with E-state index in [1.807, 2.05) is 44.1 Å². The standard InChI is InChI=1S/C20H31N3O4/c1-5-19(24)21-16-8-9-18(22(2)3)15(11-16)12-23(20(25)14-26-4)13-17-7-6-10-27-17/h8-9,11,17H,5-7,10,12-14H2,1-4H3,(H,21,24)/t17-/m1/s1. The lowest BCUT2D eigenvalue weighted by Gasteiger charge is -2.28. The fourth-order valence-corrected chi connectivity index (χ4v) is 3.18. The quantitative estimate of drug-likeness (QED) is 0.715. The van der Waals surface area contributed by atoms with E-state index in [4.69, 9.17) is 9.47 Å². The summed E-state index contributed by atoms with van der Waals surface area (Å²) in [7, 11) is 5.45. The second-order valence-corrected chi connectivity index (χ2v) is 6.98. The molecule has 1 aliphatic rings. The maximum absolute atomic E-state index is 12.6. The highest BCUT2D eigenvalue weighted by Gasteiger charge is 2.24. The fourth-order valence-electron chi connectivity index (χ4n) is 3.18. The van der Waals surface area contributed by atoms with Crippen molar-refractivity contribution < 1.29 is 19.1 Å². The van der Waals surface area contributed by atoms with Crippen LogP contribution in [-0.2, 0) is 25.6 Å². The minimum atomic E-state index is -0.0688. The zero-order valence-corrected chi connectivity index (χ0v) is 16.8. The molecular weight excluding hydrogens is 346 g/mol. The molecule has 27 heavy (non-hydrogen) atoms. The Morgan fingerprint density at radius 2 is 2.11 bits per heavy atom. The van der Waals surface area contributed by atoms with E-state index in [2.05, 4.69) is 5.32 Å². The topological polar surface area (TPSA) is 71.1 Å². The van der Waals surface area contributed by atoms with Gasteiger partial charge in [-0.2, -0.15) is 0 Å². The van der Waals surface area contributed by atoms with Gasteiger partial charge in [0.05, 0.1) is 6.10 Å². The predicted molar refractivity (Wildman–Crippen MR) is 106 cm³/mol. The van der Waals surface area contributed by atoms with E-state index in [0.29, 0.717) is 19.5 Å². The Kier molecular flexibility index (Phi) is 8.06. The van der Waals surface area contributed by atoms with Crippen LogP contribution in [0.5, 0.6) is 0 Å². The Balaban J connectivity index is 2.25. The summed E-state index contributed by atoms with van der Waals surface area (Å²) in [6, 6.07) is 5.78. The molecule has 150 valence electrons. The number of methoxy groups -OCH3 is 1. The highest BCUT2D eigenvalue weighted by Crippen LogP contribution is 2.25. The van der Waals surface area contributed by atoms with Crippen LogP contribution in [-0.4, -0.2) is 63.8 Å². The first-order valence-corrected chi connectivity index (χ1v) is 9.43. The molecule has 7 heteroatoms. The Bertz CT molecular complexity index is 642. The number of ether oxygens (including phenoxy) is 2. The molecule has 0 radical (unpaired) electrons. The summed E-state index contributed by atoms with van der Waals surface area (Å²) in [6.07, 6.45) is 2.47. The Hall–Kier alpha value is -2.12. The lowest BCUT2D eigenvalue weighted by Crippen LogP contribution is -2.39. The van der Waals surface area contributed by atoms with Crippen molar-refractivity contribution in [1.29, 1.82) is 0 Å². The van der Waals surface area contributed by atoms with Gasteiger partial charge >= 0.3 is 0 Å². The number of rotatable bonds is 9. The van der Waals surface area contributed by atoms with E-state index in [0.717, 1.165) is 36.4 Å². The first kappa shape index (κ1) is 21.2. The molecular formula is C20H31N3O4. The van der Waals surface area contributed by atoms with Gasteiger partial charge in [-0.3, -0.25) is 9.59 Å². The van der Waals surface area contributed by atoms with Crippen molar-refractivity contribution in [2.75, 3.05) is 51.2 Å². The summed E-state index contributed by atoms with van der Waals surface area (Å²) >= 11 is 0. The van der Waals surface area contributed by atoms with Gasteiger partial charge in [0.2, 0.25) is 11.8 Å². The third kappa shape index (κ3) is 6.22. The summed E-state index contributed by atoms with van der Waals surface area (Å²) < 4.78 is 10.8. The van der Waals surface area contributed by atoms with Crippen LogP contribution in [0.1, 0.15) is 31.7 Å². The van der Waals surface area contributed by atoms with Gasteiger partial charge in [0.25, 0.3) is 0 Å². The van der Waals surface area contributed by atoms with Gasteiger partial charge < -0.3 is 24.6 Å². The molecule has 1 atom stereocenters. The Morgan fingerprint density at radius 1 is 1.33 bits per heavy atom. The maximum Gasteiger partial charge on any atom is 0.248 e. The highest BCUT2D eigenvalue weighted by molar-refractivity contribution is 5.91. The third-order valence-corrected chi connectivity index (χ3v) is 4.60. The molecule has 1 fully saturated rings. The van der Waals surface area contributed by atoms with E-state index >= 15 is 0 Å². The second kappa shape index (κ2) is 10.3. The first-order chi connectivity index (χ1) is 12.9. The summed E-state index contributed by atoms with van der Waals surface area (Å²) in [6.45, 7) is 3.58. The minimum absolute atomic E-state index is 0.0368. The molecule has 2 rings (SSSR count). The molecule has 1 aromatic rings. The largest absolute Gasteiger partial charge is 0.377 e. The molecule has 0 bridgehead atoms. The van der Waals surface area contributed by atoms with Crippen LogP contribution in [0.2, 0.25) is 0 Å². The SMILES string of the molecule is CCC(=O)Nc1ccc(N(C)C)c(CN(C[C@H]2CCCO2)C(=O)COC)c1. The van der Waals surface area contributed by atoms with Crippen molar-refractivity contribution in [2.24, 2.45) is 0 Å². The third-order valence-electron chi connectivity index (χ3n) is 4.60. The van der Waals surface area contributed by atoms with Crippen LogP contribution in [0.3, 0.4) is 0 Å². The van der Waals surface area contributed by atoms with Crippen molar-refractivity contribution in [2.45, 2.75) is 38.8 Å². The van der Waals surface area contributed by atoms with Gasteiger partial charge in [0.15, 0.2) is 0 Å². The van der Waals surface area contributed by atoms with Gasteiger partial charge in [0.1, 0.15) is 6.61 Å². The molecule has 1 heterocycles. The zero-order valence-electron chi connectivity index (χ0n) is 16.8. The summed E-state index contributed by atoms with van der Waals surface area (Å²) in [5, 5.41) is 2.89. The lowest BCUT2D eigenvalue weighted by atomic mass is 10.1. The fraction of sp³-hybridized carbons (Fsp3) is 0.600. The van der Waals surface area contributed by atoms with E-state index in [-0.39, 0.29) is 24.5 Å². The number of anilines is 2. The van der Waals surface area contributed by atoms with Crippen molar-refractivity contribution in [1.82, 2.24) is 4.90 Å². The van der Waals surface area contributed by atoms with Crippen LogP contribution >= 0.6 is 0 Å². The number of hydrogen-bond donors (Lipinski definition) is 1. The summed E-state index contributed by atoms with van der Waals surface area (Å²) in [5.74, 6) is -0.106. The van der Waals surface area contributed by atoms with Gasteiger partial charge in [0, 0.05) is 58.7 Å². The van der Waals surface area contributed by atoms with Crippen molar-refractivity contribution in [3.8, 4) is 0 Å². The van der Waals surface area contributed by atoms with Crippen molar-refractivity contribution >= 4 is 23.2 Å². The average molecular weight is 377 g/mol. The van der Waals surface area contributed by atoms with Crippen molar-refractivity contribution in [3.63, 3.8) is 0 Å². The Morgan fingerprint density at radius 3 is 2.70 bits per heavy atom. The maximum atomic E-state index is 12.6. The molecule has 0 aliphatic carbocycles. The molecule has 1 N–H and O–H groups in total. The van der Waals surface area contributed by atoms with Crippen LogP contribution in [0, 0.1) is 0 Å². The van der Waals surface area contributed by atoms with Gasteiger partial charge in [-0.1, -0.05) is 6.92 Å². The predicted octanol–water partition coefficient (Wildman–Crippen LogP) is 2.26. The highest BCUT2D eigenvalue weighted by atomic mass is 16.5. The van der Waals surface area contributed by atoms with Gasteiger partial charge in [-0.15, -0.1) is 0 Å². The number of carbonyl (C=O) groups is 2. The second-order valence-electron chi connectivity index (χ2n) is 6.98. The van der Waals surface area contributed by atoms with Crippen LogP contribution in [0.25, 0.3) is 0 Å². The normalized spacial score (nSPS) is 16.2. The monoisotopic (exact) mass is 377 g/mol. The number of benzene rings is 1. The summed E-state index contributed by atoms with van der Waals surface area (Å²) in [4.78, 5) is 28.1. The Labute approximate surface area is 161 Å². The van der Waals surface area contributed by atoms with Crippen LogP contribution < -0.4 is 10.2 Å². The zero-order chi connectivity index (χ0) is 19.8. The average Bonchev–Trinajstić information content (AvgIpc) is 3.14. The van der Waals surface area contributed by atoms with Crippen molar-refractivity contribution in [3.05, 3.63) is 23.8 Å². The first-order valence-electron chi connectivity index (χ1n) is 9.43. The smallest absolute Gasteiger partial charge is 0.248 e. The van der Waals surface area contributed by atoms with Gasteiger partial charge in [-0.25, -0.2) is 0 Å². The van der Waals surface area contributed by atoms with E-state index in [1.165, 1.54) is 7.11 Å². The van der Waals surface area contributed by atoms with Gasteiger partial charge in [-0.05, 0) is 36.6 Å². The molecule has 7 nitrogen and oxygen atoms in total. The number of amides is 2. The molecule has 0 unspecified atom stereocenters. The van der Waals surface area contributed by atoms with Crippen LogP contribution in [0.15, 0.2) is 18.2 Å². The van der Waals surface area contributed by atoms with E-state index in [9.17, 15) is 9.59 Å². The van der Waals surface area contributed by atoms with E-state index < -0.39 is 0 Å². The molecule has 0 saturated carbocycles. The van der Waals surface area contributed by atoms with Crippen LogP contribution in [0.4, 0.5) is 11.4 Å². The van der Waals surface area contributed by atoms with E-state index in [1.54, 1.807) is 4.90 Å². The molecule has 2 amide bonds.